The van der Waals surface area contributed by atoms with Crippen LogP contribution < -0.4 is 10.5 Å². The summed E-state index contributed by atoms with van der Waals surface area (Å²) in [4.78, 5) is 0. The lowest BCUT2D eigenvalue weighted by Crippen LogP contribution is -1.84. The van der Waals surface area contributed by atoms with Crippen molar-refractivity contribution in [3.8, 4) is 5.75 Å². The molecule has 1 aliphatic carbocycles. The van der Waals surface area contributed by atoms with Gasteiger partial charge in [-0.05, 0) is 24.3 Å². The minimum atomic E-state index is 0.760. The number of benzene rings is 1. The van der Waals surface area contributed by atoms with Gasteiger partial charge in [-0.15, -0.1) is 0 Å². The molecule has 0 amide bonds. The maximum Gasteiger partial charge on any atom is 0.119 e. The van der Waals surface area contributed by atoms with Gasteiger partial charge in [-0.1, -0.05) is 32.1 Å². The second-order valence-electron chi connectivity index (χ2n) is 3.54. The Bertz CT molecular complexity index is 231. The first-order chi connectivity index (χ1) is 6.83. The van der Waals surface area contributed by atoms with E-state index in [-0.39, 0.29) is 0 Å². The van der Waals surface area contributed by atoms with E-state index in [1.807, 2.05) is 12.1 Å². The van der Waals surface area contributed by atoms with Crippen molar-refractivity contribution in [1.82, 2.24) is 0 Å². The molecule has 0 atom stereocenters. The van der Waals surface area contributed by atoms with Crippen LogP contribution in [0.4, 0.5) is 5.69 Å². The molecule has 2 heteroatoms. The van der Waals surface area contributed by atoms with E-state index in [1.165, 1.54) is 32.1 Å². The van der Waals surface area contributed by atoms with E-state index in [1.54, 1.807) is 19.2 Å². The van der Waals surface area contributed by atoms with E-state index in [0.29, 0.717) is 0 Å². The van der Waals surface area contributed by atoms with Crippen LogP contribution in [0, 0.1) is 0 Å². The molecule has 1 aliphatic rings. The fraction of sp³-hybridized carbons (Fsp3) is 0.500. The van der Waals surface area contributed by atoms with E-state index in [9.17, 15) is 0 Å². The van der Waals surface area contributed by atoms with Gasteiger partial charge in [0, 0.05) is 5.69 Å². The Hall–Kier alpha value is -1.18. The number of rotatable bonds is 1. The number of nitrogens with two attached hydrogens (primary N) is 1. The lowest BCUT2D eigenvalue weighted by atomic mass is 10.3. The third kappa shape index (κ3) is 4.17. The summed E-state index contributed by atoms with van der Waals surface area (Å²) in [5, 5.41) is 0. The standard InChI is InChI=1S/C7H9NO.C5H10/c1-9-7-4-2-6(8)3-5-7;1-2-4-5-3-1/h2-5H,8H2,1H3;1-5H2. The summed E-state index contributed by atoms with van der Waals surface area (Å²) in [5.74, 6) is 0.837. The van der Waals surface area contributed by atoms with Gasteiger partial charge in [-0.25, -0.2) is 0 Å². The van der Waals surface area contributed by atoms with Crippen molar-refractivity contribution in [3.63, 3.8) is 0 Å². The zero-order valence-electron chi connectivity index (χ0n) is 8.83. The Labute approximate surface area is 86.1 Å². The number of nitrogen functional groups attached to an aromatic ring is 1. The van der Waals surface area contributed by atoms with Gasteiger partial charge in [0.2, 0.25) is 0 Å². The minimum absolute atomic E-state index is 0.760. The normalized spacial score (nSPS) is 14.4. The zero-order chi connectivity index (χ0) is 10.2. The van der Waals surface area contributed by atoms with Crippen LogP contribution in [0.2, 0.25) is 0 Å². The van der Waals surface area contributed by atoms with Crippen LogP contribution >= 0.6 is 0 Å². The first kappa shape index (κ1) is 10.9. The first-order valence-corrected chi connectivity index (χ1v) is 5.22. The van der Waals surface area contributed by atoms with E-state index >= 15 is 0 Å². The molecular formula is C12H19NO. The quantitative estimate of drug-likeness (QED) is 0.695. The van der Waals surface area contributed by atoms with Gasteiger partial charge in [0.05, 0.1) is 7.11 Å². The topological polar surface area (TPSA) is 35.2 Å². The fourth-order valence-electron chi connectivity index (χ4n) is 1.49. The summed E-state index contributed by atoms with van der Waals surface area (Å²) in [7, 11) is 1.63. The number of methoxy groups -OCH3 is 1. The van der Waals surface area contributed by atoms with Crippen LogP contribution in [0.3, 0.4) is 0 Å². The molecule has 0 aliphatic heterocycles. The van der Waals surface area contributed by atoms with E-state index in [0.717, 1.165) is 11.4 Å². The molecule has 1 aromatic carbocycles. The van der Waals surface area contributed by atoms with Gasteiger partial charge < -0.3 is 10.5 Å². The SMILES string of the molecule is C1CCCC1.COc1ccc(N)cc1. The highest BCUT2D eigenvalue weighted by molar-refractivity contribution is 5.41. The molecule has 0 heterocycles. The Morgan fingerprint density at radius 1 is 0.929 bits per heavy atom. The van der Waals surface area contributed by atoms with Gasteiger partial charge >= 0.3 is 0 Å². The van der Waals surface area contributed by atoms with Crippen LogP contribution in [0.1, 0.15) is 32.1 Å². The van der Waals surface area contributed by atoms with Gasteiger partial charge in [0.25, 0.3) is 0 Å². The Balaban J connectivity index is 0.000000165. The lowest BCUT2D eigenvalue weighted by Gasteiger charge is -1.97. The third-order valence-corrected chi connectivity index (χ3v) is 2.37. The fourth-order valence-corrected chi connectivity index (χ4v) is 1.49. The summed E-state index contributed by atoms with van der Waals surface area (Å²) in [6.07, 6.45) is 7.50. The highest BCUT2D eigenvalue weighted by atomic mass is 16.5. The van der Waals surface area contributed by atoms with Gasteiger partial charge in [0.1, 0.15) is 5.75 Å². The smallest absolute Gasteiger partial charge is 0.119 e. The van der Waals surface area contributed by atoms with Crippen LogP contribution in [-0.4, -0.2) is 7.11 Å². The highest BCUT2D eigenvalue weighted by Gasteiger charge is 1.95. The second kappa shape index (κ2) is 6.30. The molecule has 2 rings (SSSR count). The third-order valence-electron chi connectivity index (χ3n) is 2.37. The Morgan fingerprint density at radius 2 is 1.36 bits per heavy atom. The molecule has 1 aromatic rings. The number of hydrogen-bond acceptors (Lipinski definition) is 2. The van der Waals surface area contributed by atoms with Gasteiger partial charge in [0.15, 0.2) is 0 Å². The van der Waals surface area contributed by atoms with Crippen molar-refractivity contribution in [2.45, 2.75) is 32.1 Å². The molecule has 0 bridgehead atoms. The zero-order valence-corrected chi connectivity index (χ0v) is 8.83. The summed E-state index contributed by atoms with van der Waals surface area (Å²) in [6, 6.07) is 7.27. The monoisotopic (exact) mass is 193 g/mol. The largest absolute Gasteiger partial charge is 0.497 e. The molecule has 78 valence electrons. The van der Waals surface area contributed by atoms with Crippen molar-refractivity contribution < 1.29 is 4.74 Å². The van der Waals surface area contributed by atoms with Crippen LogP contribution in [-0.2, 0) is 0 Å². The molecule has 0 spiro atoms. The van der Waals surface area contributed by atoms with Gasteiger partial charge in [-0.2, -0.15) is 0 Å². The molecule has 1 fully saturated rings. The summed E-state index contributed by atoms with van der Waals surface area (Å²) < 4.78 is 4.91. The highest BCUT2D eigenvalue weighted by Crippen LogP contribution is 2.15. The molecule has 0 unspecified atom stereocenters. The number of hydrogen-bond donors (Lipinski definition) is 1. The summed E-state index contributed by atoms with van der Waals surface area (Å²) in [6.45, 7) is 0. The van der Waals surface area contributed by atoms with Crippen molar-refractivity contribution >= 4 is 5.69 Å². The average Bonchev–Trinajstić information content (AvgIpc) is 2.77. The molecule has 0 saturated heterocycles. The number of ether oxygens (including phenoxy) is 1. The van der Waals surface area contributed by atoms with Crippen LogP contribution in [0.5, 0.6) is 5.75 Å². The van der Waals surface area contributed by atoms with Crippen molar-refractivity contribution in [2.75, 3.05) is 12.8 Å². The minimum Gasteiger partial charge on any atom is -0.497 e. The molecule has 2 nitrogen and oxygen atoms in total. The summed E-state index contributed by atoms with van der Waals surface area (Å²) >= 11 is 0. The van der Waals surface area contributed by atoms with Crippen molar-refractivity contribution in [3.05, 3.63) is 24.3 Å². The molecule has 2 N–H and O–H groups in total. The Morgan fingerprint density at radius 3 is 1.71 bits per heavy atom. The molecule has 0 radical (unpaired) electrons. The van der Waals surface area contributed by atoms with E-state index in [2.05, 4.69) is 0 Å². The molecule has 0 aromatic heterocycles. The molecule has 1 saturated carbocycles. The van der Waals surface area contributed by atoms with Crippen molar-refractivity contribution in [2.24, 2.45) is 0 Å². The predicted molar refractivity (Wildman–Crippen MR) is 60.5 cm³/mol. The average molecular weight is 193 g/mol. The number of anilines is 1. The summed E-state index contributed by atoms with van der Waals surface area (Å²) in [5.41, 5.74) is 6.19. The first-order valence-electron chi connectivity index (χ1n) is 5.22. The maximum absolute atomic E-state index is 5.43. The molecular weight excluding hydrogens is 174 g/mol. The lowest BCUT2D eigenvalue weighted by molar-refractivity contribution is 0.415. The molecule has 14 heavy (non-hydrogen) atoms. The van der Waals surface area contributed by atoms with Crippen LogP contribution in [0.15, 0.2) is 24.3 Å². The second-order valence-corrected chi connectivity index (χ2v) is 3.54. The van der Waals surface area contributed by atoms with Gasteiger partial charge in [-0.3, -0.25) is 0 Å². The van der Waals surface area contributed by atoms with E-state index in [4.69, 9.17) is 10.5 Å². The maximum atomic E-state index is 5.43. The van der Waals surface area contributed by atoms with E-state index < -0.39 is 0 Å². The Kier molecular flexibility index (Phi) is 4.90. The van der Waals surface area contributed by atoms with Crippen molar-refractivity contribution in [1.29, 1.82) is 0 Å². The predicted octanol–water partition coefficient (Wildman–Crippen LogP) is 3.23. The van der Waals surface area contributed by atoms with Crippen LogP contribution in [0.25, 0.3) is 0 Å².